The van der Waals surface area contributed by atoms with Crippen molar-refractivity contribution in [1.82, 2.24) is 4.90 Å². The second-order valence-corrected chi connectivity index (χ2v) is 3.89. The van der Waals surface area contributed by atoms with Gasteiger partial charge in [-0.3, -0.25) is 4.90 Å². The molecular weight excluding hydrogens is 180 g/mol. The van der Waals surface area contributed by atoms with Gasteiger partial charge in [-0.1, -0.05) is 5.16 Å². The largest absolute Gasteiger partial charge is 0.395 e. The Bertz CT molecular complexity index is 191. The highest BCUT2D eigenvalue weighted by atomic mass is 16.6. The molecule has 1 N–H and O–H groups in total. The number of aliphatic hydroxyl groups is 1. The summed E-state index contributed by atoms with van der Waals surface area (Å²) in [6.07, 6.45) is 2.29. The van der Waals surface area contributed by atoms with Crippen LogP contribution in [0.2, 0.25) is 0 Å². The third-order valence-electron chi connectivity index (χ3n) is 2.43. The van der Waals surface area contributed by atoms with Crippen molar-refractivity contribution in [3.05, 3.63) is 0 Å². The smallest absolute Gasteiger partial charge is 0.129 e. The third kappa shape index (κ3) is 3.64. The van der Waals surface area contributed by atoms with E-state index in [0.29, 0.717) is 12.6 Å². The van der Waals surface area contributed by atoms with E-state index in [-0.39, 0.29) is 6.61 Å². The van der Waals surface area contributed by atoms with Gasteiger partial charge in [0.05, 0.1) is 12.3 Å². The van der Waals surface area contributed by atoms with Crippen LogP contribution >= 0.6 is 0 Å². The van der Waals surface area contributed by atoms with Crippen molar-refractivity contribution >= 4 is 5.71 Å². The molecular formula is C10H20N2O2. The van der Waals surface area contributed by atoms with Crippen molar-refractivity contribution in [3.63, 3.8) is 0 Å². The fourth-order valence-corrected chi connectivity index (χ4v) is 1.73. The zero-order chi connectivity index (χ0) is 10.4. The Hall–Kier alpha value is -0.610. The van der Waals surface area contributed by atoms with E-state index < -0.39 is 0 Å². The molecule has 0 bridgehead atoms. The topological polar surface area (TPSA) is 45.1 Å². The highest BCUT2D eigenvalue weighted by molar-refractivity contribution is 5.78. The lowest BCUT2D eigenvalue weighted by Crippen LogP contribution is -2.34. The molecule has 0 amide bonds. The molecule has 0 aromatic rings. The summed E-state index contributed by atoms with van der Waals surface area (Å²) in [4.78, 5) is 7.38. The zero-order valence-electron chi connectivity index (χ0n) is 9.07. The van der Waals surface area contributed by atoms with Gasteiger partial charge in [-0.15, -0.1) is 0 Å². The molecule has 1 rings (SSSR count). The Morgan fingerprint density at radius 2 is 2.36 bits per heavy atom. The van der Waals surface area contributed by atoms with E-state index in [0.717, 1.165) is 25.2 Å². The molecule has 82 valence electrons. The molecule has 1 aliphatic rings. The number of rotatable bonds is 5. The van der Waals surface area contributed by atoms with Crippen LogP contribution in [0.1, 0.15) is 26.7 Å². The maximum Gasteiger partial charge on any atom is 0.129 e. The molecule has 1 aliphatic heterocycles. The van der Waals surface area contributed by atoms with E-state index >= 15 is 0 Å². The van der Waals surface area contributed by atoms with Gasteiger partial charge >= 0.3 is 0 Å². The molecule has 0 saturated carbocycles. The van der Waals surface area contributed by atoms with Crippen LogP contribution in [0, 0.1) is 0 Å². The third-order valence-corrected chi connectivity index (χ3v) is 2.43. The molecule has 0 radical (unpaired) electrons. The normalized spacial score (nSPS) is 22.4. The molecule has 0 aliphatic carbocycles. The minimum atomic E-state index is 0.260. The van der Waals surface area contributed by atoms with Crippen molar-refractivity contribution in [3.8, 4) is 0 Å². The first-order chi connectivity index (χ1) is 6.74. The minimum absolute atomic E-state index is 0.260. The molecule has 4 heteroatoms. The number of oxime groups is 1. The van der Waals surface area contributed by atoms with Gasteiger partial charge in [0.2, 0.25) is 0 Å². The van der Waals surface area contributed by atoms with Crippen molar-refractivity contribution < 1.29 is 9.94 Å². The van der Waals surface area contributed by atoms with E-state index in [2.05, 4.69) is 10.1 Å². The lowest BCUT2D eigenvalue weighted by Gasteiger charge is -2.21. The first-order valence-corrected chi connectivity index (χ1v) is 5.22. The summed E-state index contributed by atoms with van der Waals surface area (Å²) in [6.45, 7) is 6.63. The van der Waals surface area contributed by atoms with Gasteiger partial charge in [-0.05, 0) is 33.2 Å². The van der Waals surface area contributed by atoms with Crippen LogP contribution in [-0.4, -0.2) is 48.1 Å². The van der Waals surface area contributed by atoms with Gasteiger partial charge in [0.25, 0.3) is 0 Å². The first kappa shape index (κ1) is 11.5. The summed E-state index contributed by atoms with van der Waals surface area (Å²) in [6, 6.07) is 0.338. The fourth-order valence-electron chi connectivity index (χ4n) is 1.73. The van der Waals surface area contributed by atoms with Gasteiger partial charge in [-0.25, -0.2) is 0 Å². The van der Waals surface area contributed by atoms with Gasteiger partial charge < -0.3 is 9.94 Å². The van der Waals surface area contributed by atoms with Crippen LogP contribution in [0.15, 0.2) is 5.16 Å². The molecule has 1 atom stereocenters. The quantitative estimate of drug-likeness (QED) is 0.406. The van der Waals surface area contributed by atoms with Gasteiger partial charge in [-0.2, -0.15) is 0 Å². The number of nitrogens with zero attached hydrogens (tertiary/aromatic N) is 2. The summed E-state index contributed by atoms with van der Waals surface area (Å²) < 4.78 is 0. The maximum absolute atomic E-state index is 9.07. The molecule has 0 spiro atoms. The second kappa shape index (κ2) is 5.98. The van der Waals surface area contributed by atoms with Crippen molar-refractivity contribution in [2.75, 3.05) is 26.3 Å². The maximum atomic E-state index is 9.07. The number of likely N-dealkylation sites (tertiary alicyclic amines) is 1. The zero-order valence-corrected chi connectivity index (χ0v) is 9.07. The molecule has 0 aromatic heterocycles. The Morgan fingerprint density at radius 3 is 3.00 bits per heavy atom. The number of hydrogen-bond acceptors (Lipinski definition) is 4. The average Bonchev–Trinajstić information content (AvgIpc) is 2.59. The van der Waals surface area contributed by atoms with Crippen LogP contribution in [0.3, 0.4) is 0 Å². The highest BCUT2D eigenvalue weighted by Gasteiger charge is 2.22. The van der Waals surface area contributed by atoms with Gasteiger partial charge in [0, 0.05) is 12.6 Å². The average molecular weight is 200 g/mol. The molecule has 0 unspecified atom stereocenters. The summed E-state index contributed by atoms with van der Waals surface area (Å²) in [5.41, 5.74) is 0.935. The van der Waals surface area contributed by atoms with Gasteiger partial charge in [0.15, 0.2) is 0 Å². The first-order valence-electron chi connectivity index (χ1n) is 5.22. The molecule has 1 fully saturated rings. The number of aliphatic hydroxyl groups excluding tert-OH is 1. The van der Waals surface area contributed by atoms with E-state index in [1.165, 1.54) is 6.42 Å². The highest BCUT2D eigenvalue weighted by Crippen LogP contribution is 2.15. The van der Waals surface area contributed by atoms with E-state index in [9.17, 15) is 0 Å². The predicted octanol–water partition coefficient (Wildman–Crippen LogP) is 0.855. The molecule has 4 nitrogen and oxygen atoms in total. The van der Waals surface area contributed by atoms with Crippen LogP contribution in [-0.2, 0) is 4.84 Å². The lowest BCUT2D eigenvalue weighted by molar-refractivity contribution is 0.0895. The number of hydrogen-bond donors (Lipinski definition) is 1. The van der Waals surface area contributed by atoms with Crippen molar-refractivity contribution in [1.29, 1.82) is 0 Å². The second-order valence-electron chi connectivity index (χ2n) is 3.89. The SMILES string of the molecule is CC(C)=NOCCN1CCC[C@@H]1CO. The Labute approximate surface area is 85.5 Å². The molecule has 1 heterocycles. The summed E-state index contributed by atoms with van der Waals surface area (Å²) in [7, 11) is 0. The predicted molar refractivity (Wildman–Crippen MR) is 56.4 cm³/mol. The molecule has 1 saturated heterocycles. The van der Waals surface area contributed by atoms with Crippen LogP contribution in [0.5, 0.6) is 0 Å². The Morgan fingerprint density at radius 1 is 1.57 bits per heavy atom. The lowest BCUT2D eigenvalue weighted by atomic mass is 10.2. The van der Waals surface area contributed by atoms with Crippen LogP contribution < -0.4 is 0 Å². The van der Waals surface area contributed by atoms with Gasteiger partial charge in [0.1, 0.15) is 6.61 Å². The van der Waals surface area contributed by atoms with Crippen molar-refractivity contribution in [2.24, 2.45) is 5.16 Å². The standard InChI is InChI=1S/C10H20N2O2/c1-9(2)11-14-7-6-12-5-3-4-10(12)8-13/h10,13H,3-8H2,1-2H3/t10-/m1/s1. The van der Waals surface area contributed by atoms with E-state index in [1.807, 2.05) is 13.8 Å². The molecule has 0 aromatic carbocycles. The fraction of sp³-hybridized carbons (Fsp3) is 0.900. The summed E-state index contributed by atoms with van der Waals surface area (Å²) in [5, 5.41) is 12.9. The van der Waals surface area contributed by atoms with Crippen LogP contribution in [0.25, 0.3) is 0 Å². The monoisotopic (exact) mass is 200 g/mol. The molecule has 14 heavy (non-hydrogen) atoms. The summed E-state index contributed by atoms with van der Waals surface area (Å²) in [5.74, 6) is 0. The van der Waals surface area contributed by atoms with E-state index in [1.54, 1.807) is 0 Å². The van der Waals surface area contributed by atoms with Crippen molar-refractivity contribution in [2.45, 2.75) is 32.7 Å². The Kier molecular flexibility index (Phi) is 4.90. The minimum Gasteiger partial charge on any atom is -0.395 e. The van der Waals surface area contributed by atoms with E-state index in [4.69, 9.17) is 9.94 Å². The Balaban J connectivity index is 2.14. The summed E-state index contributed by atoms with van der Waals surface area (Å²) >= 11 is 0. The van der Waals surface area contributed by atoms with Crippen LogP contribution in [0.4, 0.5) is 0 Å².